The van der Waals surface area contributed by atoms with E-state index in [1.54, 1.807) is 4.90 Å². The Bertz CT molecular complexity index is 425. The normalized spacial score (nSPS) is 17.9. The standard InChI is InChI=1S/C15H23N3O2/c1-16(2)14-5-3-13(4-6-14)15(20)11-17-7-9-18(12-19)10-8-17/h3-6,12,15,20H,7-11H2,1-2H3. The number of β-amino-alcohol motifs (C(OH)–C–C–N with tert-alkyl or cyclic N) is 1. The van der Waals surface area contributed by atoms with Crippen LogP contribution < -0.4 is 4.90 Å². The van der Waals surface area contributed by atoms with Gasteiger partial charge in [0.25, 0.3) is 0 Å². The topological polar surface area (TPSA) is 47.0 Å². The van der Waals surface area contributed by atoms with Crippen molar-refractivity contribution in [2.75, 3.05) is 51.7 Å². The maximum atomic E-state index is 10.7. The molecule has 1 unspecified atom stereocenters. The van der Waals surface area contributed by atoms with E-state index in [-0.39, 0.29) is 0 Å². The van der Waals surface area contributed by atoms with E-state index in [0.29, 0.717) is 6.54 Å². The average molecular weight is 277 g/mol. The van der Waals surface area contributed by atoms with Crippen molar-refractivity contribution in [3.05, 3.63) is 29.8 Å². The molecule has 0 radical (unpaired) electrons. The second-order valence-electron chi connectivity index (χ2n) is 5.44. The summed E-state index contributed by atoms with van der Waals surface area (Å²) in [5.41, 5.74) is 2.06. The summed E-state index contributed by atoms with van der Waals surface area (Å²) in [6, 6.07) is 7.98. The summed E-state index contributed by atoms with van der Waals surface area (Å²) >= 11 is 0. The van der Waals surface area contributed by atoms with E-state index < -0.39 is 6.10 Å². The van der Waals surface area contributed by atoms with Crippen LogP contribution >= 0.6 is 0 Å². The first-order valence-electron chi connectivity index (χ1n) is 6.97. The Hall–Kier alpha value is -1.59. The number of aliphatic hydroxyl groups excluding tert-OH is 1. The van der Waals surface area contributed by atoms with Gasteiger partial charge in [-0.2, -0.15) is 0 Å². The maximum absolute atomic E-state index is 10.7. The molecule has 1 aliphatic heterocycles. The zero-order valence-corrected chi connectivity index (χ0v) is 12.2. The fourth-order valence-corrected chi connectivity index (χ4v) is 2.40. The lowest BCUT2D eigenvalue weighted by molar-refractivity contribution is -0.119. The molecule has 1 heterocycles. The minimum absolute atomic E-state index is 0.478. The summed E-state index contributed by atoms with van der Waals surface area (Å²) < 4.78 is 0. The van der Waals surface area contributed by atoms with Gasteiger partial charge in [0.05, 0.1) is 6.10 Å². The van der Waals surface area contributed by atoms with E-state index in [0.717, 1.165) is 43.8 Å². The molecule has 1 fully saturated rings. The van der Waals surface area contributed by atoms with Gasteiger partial charge in [0, 0.05) is 52.5 Å². The lowest BCUT2D eigenvalue weighted by Crippen LogP contribution is -2.46. The first kappa shape index (κ1) is 14.8. The fourth-order valence-electron chi connectivity index (χ4n) is 2.40. The van der Waals surface area contributed by atoms with Crippen LogP contribution in [0.25, 0.3) is 0 Å². The molecule has 1 atom stereocenters. The number of nitrogens with zero attached hydrogens (tertiary/aromatic N) is 3. The van der Waals surface area contributed by atoms with Crippen molar-refractivity contribution in [3.63, 3.8) is 0 Å². The molecule has 0 aliphatic carbocycles. The van der Waals surface area contributed by atoms with Crippen molar-refractivity contribution >= 4 is 12.1 Å². The molecule has 1 aromatic carbocycles. The Labute approximate surface area is 120 Å². The van der Waals surface area contributed by atoms with Crippen LogP contribution in [0, 0.1) is 0 Å². The summed E-state index contributed by atoms with van der Waals surface area (Å²) in [5.74, 6) is 0. The summed E-state index contributed by atoms with van der Waals surface area (Å²) in [6.07, 6.45) is 0.419. The second kappa shape index (κ2) is 6.72. The van der Waals surface area contributed by atoms with E-state index in [4.69, 9.17) is 0 Å². The van der Waals surface area contributed by atoms with Crippen LogP contribution in [0.1, 0.15) is 11.7 Å². The Morgan fingerprint density at radius 3 is 2.30 bits per heavy atom. The van der Waals surface area contributed by atoms with Crippen LogP contribution in [0.5, 0.6) is 0 Å². The average Bonchev–Trinajstić information content (AvgIpc) is 2.48. The van der Waals surface area contributed by atoms with Gasteiger partial charge in [-0.25, -0.2) is 0 Å². The van der Waals surface area contributed by atoms with Crippen molar-refractivity contribution < 1.29 is 9.90 Å². The highest BCUT2D eigenvalue weighted by Gasteiger charge is 2.18. The number of anilines is 1. The van der Waals surface area contributed by atoms with Crippen LogP contribution in [0.2, 0.25) is 0 Å². The lowest BCUT2D eigenvalue weighted by Gasteiger charge is -2.33. The molecule has 1 amide bonds. The third kappa shape index (κ3) is 3.71. The number of carbonyl (C=O) groups is 1. The van der Waals surface area contributed by atoms with Gasteiger partial charge in [-0.05, 0) is 17.7 Å². The third-order valence-corrected chi connectivity index (χ3v) is 3.78. The van der Waals surface area contributed by atoms with Crippen LogP contribution in [-0.2, 0) is 4.79 Å². The molecule has 5 nitrogen and oxygen atoms in total. The molecule has 5 heteroatoms. The second-order valence-corrected chi connectivity index (χ2v) is 5.44. The van der Waals surface area contributed by atoms with E-state index >= 15 is 0 Å². The number of aliphatic hydroxyl groups is 1. The zero-order valence-electron chi connectivity index (χ0n) is 12.2. The molecule has 20 heavy (non-hydrogen) atoms. The number of hydrogen-bond acceptors (Lipinski definition) is 4. The Morgan fingerprint density at radius 1 is 1.20 bits per heavy atom. The molecule has 1 aliphatic rings. The van der Waals surface area contributed by atoms with E-state index in [1.165, 1.54) is 0 Å². The van der Waals surface area contributed by atoms with Crippen molar-refractivity contribution in [2.24, 2.45) is 0 Å². The molecule has 1 N–H and O–H groups in total. The summed E-state index contributed by atoms with van der Waals surface area (Å²) in [5, 5.41) is 10.3. The van der Waals surface area contributed by atoms with Crippen molar-refractivity contribution in [1.29, 1.82) is 0 Å². The van der Waals surface area contributed by atoms with Crippen molar-refractivity contribution in [2.45, 2.75) is 6.10 Å². The summed E-state index contributed by atoms with van der Waals surface area (Å²) in [7, 11) is 4.00. The van der Waals surface area contributed by atoms with E-state index in [1.807, 2.05) is 43.3 Å². The third-order valence-electron chi connectivity index (χ3n) is 3.78. The van der Waals surface area contributed by atoms with Gasteiger partial charge in [0.1, 0.15) is 0 Å². The number of carbonyl (C=O) groups excluding carboxylic acids is 1. The molecule has 0 bridgehead atoms. The molecule has 0 spiro atoms. The lowest BCUT2D eigenvalue weighted by atomic mass is 10.1. The van der Waals surface area contributed by atoms with Crippen molar-refractivity contribution in [3.8, 4) is 0 Å². The van der Waals surface area contributed by atoms with Gasteiger partial charge >= 0.3 is 0 Å². The van der Waals surface area contributed by atoms with Gasteiger partial charge in [0.15, 0.2) is 0 Å². The SMILES string of the molecule is CN(C)c1ccc(C(O)CN2CCN(C=O)CC2)cc1. The Kier molecular flexibility index (Phi) is 4.98. The van der Waals surface area contributed by atoms with Gasteiger partial charge in [-0.3, -0.25) is 9.69 Å². The summed E-state index contributed by atoms with van der Waals surface area (Å²) in [6.45, 7) is 3.76. The fraction of sp³-hybridized carbons (Fsp3) is 0.533. The van der Waals surface area contributed by atoms with Crippen LogP contribution in [0.3, 0.4) is 0 Å². The van der Waals surface area contributed by atoms with Gasteiger partial charge < -0.3 is 14.9 Å². The smallest absolute Gasteiger partial charge is 0.209 e. The molecule has 0 aromatic heterocycles. The first-order valence-corrected chi connectivity index (χ1v) is 6.97. The zero-order chi connectivity index (χ0) is 14.5. The van der Waals surface area contributed by atoms with Gasteiger partial charge in [-0.15, -0.1) is 0 Å². The quantitative estimate of drug-likeness (QED) is 0.799. The number of rotatable bonds is 5. The highest BCUT2D eigenvalue weighted by molar-refractivity contribution is 5.47. The highest BCUT2D eigenvalue weighted by atomic mass is 16.3. The molecule has 1 aromatic rings. The number of amides is 1. The van der Waals surface area contributed by atoms with Crippen LogP contribution in [0.4, 0.5) is 5.69 Å². The van der Waals surface area contributed by atoms with Gasteiger partial charge in [-0.1, -0.05) is 12.1 Å². The predicted molar refractivity (Wildman–Crippen MR) is 79.8 cm³/mol. The molecule has 110 valence electrons. The van der Waals surface area contributed by atoms with E-state index in [2.05, 4.69) is 4.90 Å². The predicted octanol–water partition coefficient (Wildman–Crippen LogP) is 0.560. The van der Waals surface area contributed by atoms with Gasteiger partial charge in [0.2, 0.25) is 6.41 Å². The summed E-state index contributed by atoms with van der Waals surface area (Å²) in [4.78, 5) is 16.7. The minimum atomic E-state index is -0.478. The molecule has 2 rings (SSSR count). The molecule has 0 saturated carbocycles. The molecular weight excluding hydrogens is 254 g/mol. The Balaban J connectivity index is 1.88. The molecular formula is C15H23N3O2. The minimum Gasteiger partial charge on any atom is -0.387 e. The first-order chi connectivity index (χ1) is 9.60. The number of benzene rings is 1. The number of piperazine rings is 1. The van der Waals surface area contributed by atoms with Crippen LogP contribution in [-0.4, -0.2) is 68.1 Å². The number of hydrogen-bond donors (Lipinski definition) is 1. The van der Waals surface area contributed by atoms with Crippen LogP contribution in [0.15, 0.2) is 24.3 Å². The Morgan fingerprint density at radius 2 is 1.80 bits per heavy atom. The van der Waals surface area contributed by atoms with Crippen molar-refractivity contribution in [1.82, 2.24) is 9.80 Å². The highest BCUT2D eigenvalue weighted by Crippen LogP contribution is 2.19. The van der Waals surface area contributed by atoms with E-state index in [9.17, 15) is 9.90 Å². The maximum Gasteiger partial charge on any atom is 0.209 e. The largest absolute Gasteiger partial charge is 0.387 e. The molecule has 1 saturated heterocycles. The monoisotopic (exact) mass is 277 g/mol.